The highest BCUT2D eigenvalue weighted by Crippen LogP contribution is 2.22. The predicted molar refractivity (Wildman–Crippen MR) is 78.8 cm³/mol. The monoisotopic (exact) mass is 298 g/mol. The Morgan fingerprint density at radius 2 is 2.10 bits per heavy atom. The number of methoxy groups -OCH3 is 1. The quantitative estimate of drug-likeness (QED) is 0.240. The maximum atomic E-state index is 11.6. The highest BCUT2D eigenvalue weighted by molar-refractivity contribution is 5.90. The number of rotatable bonds is 12. The number of carbonyl (C=O) groups is 2. The van der Waals surface area contributed by atoms with E-state index in [-0.39, 0.29) is 25.0 Å². The van der Waals surface area contributed by atoms with Crippen molar-refractivity contribution < 1.29 is 23.8 Å². The number of aldehydes is 1. The van der Waals surface area contributed by atoms with Crippen molar-refractivity contribution in [2.45, 2.75) is 64.1 Å². The Kier molecular flexibility index (Phi) is 8.94. The summed E-state index contributed by atoms with van der Waals surface area (Å²) in [4.78, 5) is 21.9. The lowest BCUT2D eigenvalue weighted by molar-refractivity contribution is -0.139. The molecule has 0 saturated carbocycles. The lowest BCUT2D eigenvalue weighted by Gasteiger charge is -2.17. The van der Waals surface area contributed by atoms with Gasteiger partial charge in [-0.05, 0) is 25.8 Å². The van der Waals surface area contributed by atoms with Crippen LogP contribution >= 0.6 is 0 Å². The molecule has 0 spiro atoms. The fourth-order valence-corrected chi connectivity index (χ4v) is 2.39. The number of unbranched alkanes of at least 4 members (excludes halogenated alkanes) is 4. The van der Waals surface area contributed by atoms with E-state index in [1.165, 1.54) is 0 Å². The number of hydrogen-bond donors (Lipinski definition) is 0. The van der Waals surface area contributed by atoms with Gasteiger partial charge in [-0.2, -0.15) is 0 Å². The second-order valence-electron chi connectivity index (χ2n) is 5.36. The molecule has 120 valence electrons. The van der Waals surface area contributed by atoms with Crippen LogP contribution in [0.25, 0.3) is 0 Å². The largest absolute Gasteiger partial charge is 0.455 e. The summed E-state index contributed by atoms with van der Waals surface area (Å²) in [6.45, 7) is 2.08. The summed E-state index contributed by atoms with van der Waals surface area (Å²) in [5.41, 5.74) is 0.699. The Hall–Kier alpha value is -1.20. The van der Waals surface area contributed by atoms with E-state index >= 15 is 0 Å². The molecule has 5 heteroatoms. The highest BCUT2D eigenvalue weighted by Gasteiger charge is 2.25. The van der Waals surface area contributed by atoms with Crippen LogP contribution in [0.1, 0.15) is 51.9 Å². The minimum Gasteiger partial charge on any atom is -0.455 e. The third-order valence-electron chi connectivity index (χ3n) is 3.46. The van der Waals surface area contributed by atoms with E-state index < -0.39 is 0 Å². The zero-order valence-electron chi connectivity index (χ0n) is 13.0. The van der Waals surface area contributed by atoms with Crippen molar-refractivity contribution in [1.29, 1.82) is 0 Å². The normalized spacial score (nSPS) is 19.2. The molecule has 0 unspecified atom stereocenters. The summed E-state index contributed by atoms with van der Waals surface area (Å²) in [5.74, 6) is -0.237. The molecule has 0 aromatic heterocycles. The number of esters is 1. The first-order valence-corrected chi connectivity index (χ1v) is 7.63. The Morgan fingerprint density at radius 3 is 2.71 bits per heavy atom. The van der Waals surface area contributed by atoms with Gasteiger partial charge in [0, 0.05) is 25.5 Å². The molecule has 21 heavy (non-hydrogen) atoms. The summed E-state index contributed by atoms with van der Waals surface area (Å²) in [6.07, 6.45) is 8.83. The first-order chi connectivity index (χ1) is 10.2. The number of cyclic esters (lactones) is 1. The molecule has 5 nitrogen and oxygen atoms in total. The Balaban J connectivity index is 2.32. The van der Waals surface area contributed by atoms with E-state index in [9.17, 15) is 9.59 Å². The van der Waals surface area contributed by atoms with Gasteiger partial charge in [0.2, 0.25) is 0 Å². The summed E-state index contributed by atoms with van der Waals surface area (Å²) in [6, 6.07) is 0. The van der Waals surface area contributed by atoms with Crippen LogP contribution in [0.15, 0.2) is 11.6 Å². The van der Waals surface area contributed by atoms with Crippen LogP contribution in [0, 0.1) is 0 Å². The van der Waals surface area contributed by atoms with Gasteiger partial charge in [-0.15, -0.1) is 0 Å². The fourth-order valence-electron chi connectivity index (χ4n) is 2.39. The Labute approximate surface area is 126 Å². The van der Waals surface area contributed by atoms with Crippen LogP contribution in [0.2, 0.25) is 0 Å². The van der Waals surface area contributed by atoms with Crippen LogP contribution < -0.4 is 0 Å². The van der Waals surface area contributed by atoms with Crippen molar-refractivity contribution in [3.05, 3.63) is 11.6 Å². The van der Waals surface area contributed by atoms with Crippen LogP contribution in [0.4, 0.5) is 0 Å². The molecule has 0 N–H and O–H groups in total. The van der Waals surface area contributed by atoms with E-state index in [0.29, 0.717) is 18.4 Å². The van der Waals surface area contributed by atoms with Crippen LogP contribution in [0.3, 0.4) is 0 Å². The van der Waals surface area contributed by atoms with Gasteiger partial charge in [-0.3, -0.25) is 0 Å². The maximum Gasteiger partial charge on any atom is 0.334 e. The van der Waals surface area contributed by atoms with Crippen molar-refractivity contribution in [3.63, 3.8) is 0 Å². The highest BCUT2D eigenvalue weighted by atomic mass is 16.7. The van der Waals surface area contributed by atoms with Gasteiger partial charge in [0.25, 0.3) is 0 Å². The van der Waals surface area contributed by atoms with Crippen molar-refractivity contribution in [1.82, 2.24) is 0 Å². The summed E-state index contributed by atoms with van der Waals surface area (Å²) < 4.78 is 15.7. The van der Waals surface area contributed by atoms with Gasteiger partial charge < -0.3 is 19.0 Å². The molecule has 0 saturated heterocycles. The molecule has 0 aliphatic carbocycles. The molecule has 1 aliphatic rings. The van der Waals surface area contributed by atoms with Crippen molar-refractivity contribution in [2.24, 2.45) is 0 Å². The first kappa shape index (κ1) is 17.9. The molecule has 2 atom stereocenters. The number of carbonyl (C=O) groups excluding carboxylic acids is 2. The lowest BCUT2D eigenvalue weighted by Crippen LogP contribution is -2.17. The van der Waals surface area contributed by atoms with Crippen molar-refractivity contribution in [2.75, 3.05) is 13.9 Å². The molecular formula is C16H26O5. The SMILES string of the molecule is COCO[C@H](CCCCCCC=O)CC1=C[C@H](C)OC1=O. The van der Waals surface area contributed by atoms with Gasteiger partial charge in [-0.25, -0.2) is 4.79 Å². The smallest absolute Gasteiger partial charge is 0.334 e. The molecule has 0 fully saturated rings. The Bertz CT molecular complexity index is 351. The van der Waals surface area contributed by atoms with Crippen LogP contribution in [-0.4, -0.2) is 38.4 Å². The minimum absolute atomic E-state index is 0.0277. The van der Waals surface area contributed by atoms with Gasteiger partial charge >= 0.3 is 5.97 Å². The standard InChI is InChI=1S/C16H26O5/c1-13-10-14(16(18)21-13)11-15(20-12-19-2)8-6-4-3-5-7-9-17/h9-10,13,15H,3-8,11-12H2,1-2H3/t13-,15+/m0/s1. The van der Waals surface area contributed by atoms with E-state index in [1.807, 2.05) is 13.0 Å². The van der Waals surface area contributed by atoms with Gasteiger partial charge in [0.1, 0.15) is 19.2 Å². The average molecular weight is 298 g/mol. The molecule has 0 radical (unpaired) electrons. The molecule has 1 rings (SSSR count). The third kappa shape index (κ3) is 7.39. The zero-order chi connectivity index (χ0) is 15.5. The lowest BCUT2D eigenvalue weighted by atomic mass is 10.0. The first-order valence-electron chi connectivity index (χ1n) is 7.63. The number of ether oxygens (including phenoxy) is 3. The zero-order valence-corrected chi connectivity index (χ0v) is 13.0. The summed E-state index contributed by atoms with van der Waals surface area (Å²) in [7, 11) is 1.58. The summed E-state index contributed by atoms with van der Waals surface area (Å²) >= 11 is 0. The fraction of sp³-hybridized carbons (Fsp3) is 0.750. The maximum absolute atomic E-state index is 11.6. The second-order valence-corrected chi connectivity index (χ2v) is 5.36. The second kappa shape index (κ2) is 10.5. The van der Waals surface area contributed by atoms with Gasteiger partial charge in [0.05, 0.1) is 6.10 Å². The van der Waals surface area contributed by atoms with Crippen LogP contribution in [-0.2, 0) is 23.8 Å². The van der Waals surface area contributed by atoms with E-state index in [2.05, 4.69) is 0 Å². The molecule has 0 bridgehead atoms. The van der Waals surface area contributed by atoms with E-state index in [1.54, 1.807) is 7.11 Å². The van der Waals surface area contributed by atoms with Gasteiger partial charge in [-0.1, -0.05) is 19.3 Å². The predicted octanol–water partition coefficient (Wildman–Crippen LogP) is 2.78. The average Bonchev–Trinajstić information content (AvgIpc) is 2.77. The van der Waals surface area contributed by atoms with Crippen molar-refractivity contribution >= 4 is 12.3 Å². The molecule has 1 aliphatic heterocycles. The topological polar surface area (TPSA) is 61.8 Å². The third-order valence-corrected chi connectivity index (χ3v) is 3.46. The molecule has 0 aromatic rings. The Morgan fingerprint density at radius 1 is 1.33 bits per heavy atom. The molecular weight excluding hydrogens is 272 g/mol. The minimum atomic E-state index is -0.237. The molecule has 1 heterocycles. The molecule has 0 amide bonds. The summed E-state index contributed by atoms with van der Waals surface area (Å²) in [5, 5.41) is 0. The van der Waals surface area contributed by atoms with Crippen LogP contribution in [0.5, 0.6) is 0 Å². The van der Waals surface area contributed by atoms with Crippen molar-refractivity contribution in [3.8, 4) is 0 Å². The van der Waals surface area contributed by atoms with Gasteiger partial charge in [0.15, 0.2) is 0 Å². The number of hydrogen-bond acceptors (Lipinski definition) is 5. The molecule has 0 aromatic carbocycles. The van der Waals surface area contributed by atoms with E-state index in [0.717, 1.165) is 38.4 Å². The van der Waals surface area contributed by atoms with E-state index in [4.69, 9.17) is 14.2 Å².